The zero-order chi connectivity index (χ0) is 13.0. The zero-order valence-corrected chi connectivity index (χ0v) is 12.3. The fraction of sp³-hybridized carbons (Fsp3) is 0.733. The molecule has 1 aromatic heterocycles. The van der Waals surface area contributed by atoms with Crippen molar-refractivity contribution in [3.05, 3.63) is 21.9 Å². The molecule has 1 aliphatic carbocycles. The summed E-state index contributed by atoms with van der Waals surface area (Å²) in [6.07, 6.45) is 6.81. The predicted molar refractivity (Wildman–Crippen MR) is 78.0 cm³/mol. The molecule has 0 spiro atoms. The Labute approximate surface area is 115 Å². The van der Waals surface area contributed by atoms with Gasteiger partial charge >= 0.3 is 0 Å². The van der Waals surface area contributed by atoms with E-state index >= 15 is 0 Å². The number of nitrogens with two attached hydrogens (primary N) is 1. The molecule has 1 aliphatic rings. The highest BCUT2D eigenvalue weighted by atomic mass is 32.1. The molecule has 2 atom stereocenters. The quantitative estimate of drug-likeness (QED) is 0.873. The second kappa shape index (κ2) is 6.69. The number of ether oxygens (including phenoxy) is 1. The molecule has 2 N–H and O–H groups in total. The third kappa shape index (κ3) is 3.34. The first kappa shape index (κ1) is 14.0. The maximum absolute atomic E-state index is 6.45. The Morgan fingerprint density at radius 1 is 1.39 bits per heavy atom. The van der Waals surface area contributed by atoms with Gasteiger partial charge < -0.3 is 10.5 Å². The van der Waals surface area contributed by atoms with Crippen LogP contribution in [0.5, 0.6) is 0 Å². The third-order valence-electron chi connectivity index (χ3n) is 3.96. The van der Waals surface area contributed by atoms with Crippen LogP contribution < -0.4 is 5.73 Å². The Morgan fingerprint density at radius 3 is 2.67 bits per heavy atom. The molecule has 0 aromatic carbocycles. The molecule has 0 saturated heterocycles. The maximum atomic E-state index is 6.45. The second-order valence-electron chi connectivity index (χ2n) is 5.33. The van der Waals surface area contributed by atoms with Gasteiger partial charge in [-0.05, 0) is 49.6 Å². The van der Waals surface area contributed by atoms with Gasteiger partial charge in [-0.25, -0.2) is 0 Å². The average Bonchev–Trinajstić information content (AvgIpc) is 2.83. The molecule has 2 rings (SSSR count). The van der Waals surface area contributed by atoms with Crippen LogP contribution in [0, 0.1) is 12.8 Å². The van der Waals surface area contributed by atoms with Crippen molar-refractivity contribution in [2.75, 3.05) is 6.61 Å². The fourth-order valence-corrected chi connectivity index (χ4v) is 3.77. The fourth-order valence-electron chi connectivity index (χ4n) is 3.02. The minimum absolute atomic E-state index is 0.0398. The molecule has 2 unspecified atom stereocenters. The summed E-state index contributed by atoms with van der Waals surface area (Å²) in [5, 5.41) is 2.19. The number of aryl methyl sites for hydroxylation is 1. The van der Waals surface area contributed by atoms with E-state index in [0.717, 1.165) is 6.61 Å². The number of hydrogen-bond acceptors (Lipinski definition) is 3. The molecule has 0 amide bonds. The van der Waals surface area contributed by atoms with Crippen LogP contribution in [0.1, 0.15) is 55.5 Å². The average molecular weight is 267 g/mol. The molecule has 1 fully saturated rings. The van der Waals surface area contributed by atoms with E-state index in [-0.39, 0.29) is 12.1 Å². The van der Waals surface area contributed by atoms with Crippen LogP contribution in [-0.2, 0) is 4.74 Å². The van der Waals surface area contributed by atoms with E-state index in [1.807, 2.05) is 0 Å². The van der Waals surface area contributed by atoms with Crippen molar-refractivity contribution in [2.45, 2.75) is 58.1 Å². The topological polar surface area (TPSA) is 35.2 Å². The highest BCUT2D eigenvalue weighted by Crippen LogP contribution is 2.34. The van der Waals surface area contributed by atoms with Gasteiger partial charge in [-0.15, -0.1) is 11.3 Å². The summed E-state index contributed by atoms with van der Waals surface area (Å²) in [7, 11) is 0. The van der Waals surface area contributed by atoms with Crippen LogP contribution in [0.15, 0.2) is 11.4 Å². The third-order valence-corrected chi connectivity index (χ3v) is 4.84. The Morgan fingerprint density at radius 2 is 2.11 bits per heavy atom. The summed E-state index contributed by atoms with van der Waals surface area (Å²) >= 11 is 1.78. The van der Waals surface area contributed by atoms with Crippen LogP contribution in [0.25, 0.3) is 0 Å². The van der Waals surface area contributed by atoms with Gasteiger partial charge in [0.25, 0.3) is 0 Å². The summed E-state index contributed by atoms with van der Waals surface area (Å²) < 4.78 is 5.99. The maximum Gasteiger partial charge on any atom is 0.0795 e. The first-order chi connectivity index (χ1) is 8.72. The van der Waals surface area contributed by atoms with E-state index in [1.54, 1.807) is 11.3 Å². The van der Waals surface area contributed by atoms with E-state index in [9.17, 15) is 0 Å². The van der Waals surface area contributed by atoms with Gasteiger partial charge in [0, 0.05) is 11.5 Å². The normalized spacial score (nSPS) is 20.8. The highest BCUT2D eigenvalue weighted by Gasteiger charge is 2.30. The van der Waals surface area contributed by atoms with E-state index in [2.05, 4.69) is 25.3 Å². The lowest BCUT2D eigenvalue weighted by atomic mass is 9.81. The van der Waals surface area contributed by atoms with Gasteiger partial charge in [0.15, 0.2) is 0 Å². The molecular formula is C15H25NOS. The molecule has 102 valence electrons. The van der Waals surface area contributed by atoms with Crippen molar-refractivity contribution in [2.24, 2.45) is 11.7 Å². The Hall–Kier alpha value is -0.380. The minimum Gasteiger partial charge on any atom is -0.376 e. The van der Waals surface area contributed by atoms with E-state index in [4.69, 9.17) is 10.5 Å². The lowest BCUT2D eigenvalue weighted by molar-refractivity contribution is -0.00977. The molecular weight excluding hydrogens is 242 g/mol. The molecule has 1 aromatic rings. The first-order valence-corrected chi connectivity index (χ1v) is 8.02. The zero-order valence-electron chi connectivity index (χ0n) is 11.5. The lowest BCUT2D eigenvalue weighted by Crippen LogP contribution is -2.36. The largest absolute Gasteiger partial charge is 0.376 e. The van der Waals surface area contributed by atoms with E-state index in [1.165, 1.54) is 42.5 Å². The van der Waals surface area contributed by atoms with Crippen LogP contribution >= 0.6 is 11.3 Å². The van der Waals surface area contributed by atoms with E-state index in [0.29, 0.717) is 5.92 Å². The molecule has 18 heavy (non-hydrogen) atoms. The van der Waals surface area contributed by atoms with Gasteiger partial charge in [0.2, 0.25) is 0 Å². The smallest absolute Gasteiger partial charge is 0.0795 e. The van der Waals surface area contributed by atoms with Crippen molar-refractivity contribution >= 4 is 11.3 Å². The molecule has 3 heteroatoms. The van der Waals surface area contributed by atoms with Gasteiger partial charge in [0.05, 0.1) is 12.1 Å². The molecule has 0 radical (unpaired) electrons. The minimum atomic E-state index is 0.0398. The summed E-state index contributed by atoms with van der Waals surface area (Å²) in [6, 6.07) is 2.25. The van der Waals surface area contributed by atoms with Crippen LogP contribution in [-0.4, -0.2) is 12.7 Å². The summed E-state index contributed by atoms with van der Waals surface area (Å²) in [5.74, 6) is 0.647. The van der Waals surface area contributed by atoms with Crippen molar-refractivity contribution in [1.29, 1.82) is 0 Å². The van der Waals surface area contributed by atoms with Gasteiger partial charge in [0.1, 0.15) is 0 Å². The molecule has 1 saturated carbocycles. The number of hydrogen-bond donors (Lipinski definition) is 1. The Kier molecular flexibility index (Phi) is 5.22. The Bertz CT molecular complexity index is 357. The van der Waals surface area contributed by atoms with E-state index < -0.39 is 0 Å². The summed E-state index contributed by atoms with van der Waals surface area (Å²) in [4.78, 5) is 1.33. The highest BCUT2D eigenvalue weighted by molar-refractivity contribution is 7.10. The standard InChI is InChI=1S/C15H25NOS/c1-3-17-15(12-7-5-4-6-8-12)14(16)13-9-11(2)18-10-13/h9-10,12,14-15H,3-8,16H2,1-2H3. The van der Waals surface area contributed by atoms with Crippen molar-refractivity contribution in [3.63, 3.8) is 0 Å². The van der Waals surface area contributed by atoms with Crippen LogP contribution in [0.4, 0.5) is 0 Å². The van der Waals surface area contributed by atoms with Crippen molar-refractivity contribution in [1.82, 2.24) is 0 Å². The molecule has 0 bridgehead atoms. The Balaban J connectivity index is 2.08. The molecule has 2 nitrogen and oxygen atoms in total. The van der Waals surface area contributed by atoms with Crippen LogP contribution in [0.3, 0.4) is 0 Å². The molecule has 0 aliphatic heterocycles. The molecule has 1 heterocycles. The number of thiophene rings is 1. The SMILES string of the molecule is CCOC(C1CCCCC1)C(N)c1csc(C)c1. The number of rotatable bonds is 5. The van der Waals surface area contributed by atoms with Gasteiger partial charge in [-0.1, -0.05) is 19.3 Å². The predicted octanol–water partition coefficient (Wildman–Crippen LogP) is 4.04. The summed E-state index contributed by atoms with van der Waals surface area (Å²) in [6.45, 7) is 4.97. The van der Waals surface area contributed by atoms with Gasteiger partial charge in [-0.3, -0.25) is 0 Å². The van der Waals surface area contributed by atoms with Crippen molar-refractivity contribution < 1.29 is 4.74 Å². The van der Waals surface area contributed by atoms with Gasteiger partial charge in [-0.2, -0.15) is 0 Å². The first-order valence-electron chi connectivity index (χ1n) is 7.14. The second-order valence-corrected chi connectivity index (χ2v) is 6.45. The summed E-state index contributed by atoms with van der Waals surface area (Å²) in [5.41, 5.74) is 7.70. The van der Waals surface area contributed by atoms with Crippen molar-refractivity contribution in [3.8, 4) is 0 Å². The lowest BCUT2D eigenvalue weighted by Gasteiger charge is -2.33. The van der Waals surface area contributed by atoms with Crippen LogP contribution in [0.2, 0.25) is 0 Å². The monoisotopic (exact) mass is 267 g/mol.